The first kappa shape index (κ1) is 21.1. The van der Waals surface area contributed by atoms with E-state index in [-0.39, 0.29) is 12.5 Å². The van der Waals surface area contributed by atoms with Gasteiger partial charge in [0.1, 0.15) is 18.4 Å². The zero-order valence-electron chi connectivity index (χ0n) is 17.7. The maximum atomic E-state index is 13.2. The molecule has 0 bridgehead atoms. The number of carbonyl (C=O) groups excluding carboxylic acids is 2. The predicted octanol–water partition coefficient (Wildman–Crippen LogP) is 4.75. The van der Waals surface area contributed by atoms with E-state index in [9.17, 15) is 9.59 Å². The number of nitrogens with zero attached hydrogens (tertiary/aromatic N) is 2. The van der Waals surface area contributed by atoms with Crippen LogP contribution in [0.15, 0.2) is 53.9 Å². The van der Waals surface area contributed by atoms with E-state index in [1.807, 2.05) is 67.8 Å². The van der Waals surface area contributed by atoms with Gasteiger partial charge in [-0.1, -0.05) is 37.3 Å². The normalized spacial score (nSPS) is 16.4. The zero-order valence-corrected chi connectivity index (χ0v) is 18.5. The van der Waals surface area contributed by atoms with Gasteiger partial charge in [-0.25, -0.2) is 9.78 Å². The third-order valence-electron chi connectivity index (χ3n) is 5.24. The molecular weight excluding hydrogens is 412 g/mol. The molecule has 0 saturated heterocycles. The first-order valence-corrected chi connectivity index (χ1v) is 11.1. The summed E-state index contributed by atoms with van der Waals surface area (Å²) in [7, 11) is 0. The van der Waals surface area contributed by atoms with Gasteiger partial charge in [-0.05, 0) is 44.0 Å². The minimum atomic E-state index is -0.791. The van der Waals surface area contributed by atoms with E-state index in [0.717, 1.165) is 21.8 Å². The second-order valence-electron chi connectivity index (χ2n) is 7.43. The summed E-state index contributed by atoms with van der Waals surface area (Å²) < 4.78 is 11.4. The Hall–Kier alpha value is -3.19. The van der Waals surface area contributed by atoms with Gasteiger partial charge in [0, 0.05) is 10.9 Å². The molecule has 0 spiro atoms. The molecule has 1 aliphatic rings. The quantitative estimate of drug-likeness (QED) is 0.522. The van der Waals surface area contributed by atoms with E-state index in [1.54, 1.807) is 18.3 Å². The van der Waals surface area contributed by atoms with Crippen molar-refractivity contribution in [3.8, 4) is 17.0 Å². The SMILES string of the molecule is CCC1Oc2ccc(-c3csc(C)n3)cc2N(C(C)C(=O)OCc2ccccc2)C1=O. The smallest absolute Gasteiger partial charge is 0.329 e. The Morgan fingerprint density at radius 2 is 2.03 bits per heavy atom. The molecule has 2 unspecified atom stereocenters. The molecule has 0 fully saturated rings. The summed E-state index contributed by atoms with van der Waals surface area (Å²) >= 11 is 1.56. The Morgan fingerprint density at radius 3 is 2.71 bits per heavy atom. The molecule has 0 aliphatic carbocycles. The van der Waals surface area contributed by atoms with E-state index in [1.165, 1.54) is 4.90 Å². The Morgan fingerprint density at radius 1 is 1.26 bits per heavy atom. The second-order valence-corrected chi connectivity index (χ2v) is 8.49. The number of carbonyl (C=O) groups is 2. The van der Waals surface area contributed by atoms with E-state index >= 15 is 0 Å². The van der Waals surface area contributed by atoms with Gasteiger partial charge in [-0.2, -0.15) is 0 Å². The minimum absolute atomic E-state index is 0.157. The van der Waals surface area contributed by atoms with Gasteiger partial charge < -0.3 is 9.47 Å². The molecule has 1 aromatic heterocycles. The van der Waals surface area contributed by atoms with Crippen molar-refractivity contribution in [3.05, 3.63) is 64.5 Å². The summed E-state index contributed by atoms with van der Waals surface area (Å²) in [5.74, 6) is -0.134. The van der Waals surface area contributed by atoms with E-state index < -0.39 is 18.1 Å². The van der Waals surface area contributed by atoms with Crippen LogP contribution in [-0.4, -0.2) is 29.0 Å². The van der Waals surface area contributed by atoms with Crippen LogP contribution in [0.25, 0.3) is 11.3 Å². The van der Waals surface area contributed by atoms with Gasteiger partial charge in [-0.3, -0.25) is 9.69 Å². The summed E-state index contributed by atoms with van der Waals surface area (Å²) in [6, 6.07) is 14.3. The summed E-state index contributed by atoms with van der Waals surface area (Å²) in [6.07, 6.45) is -0.127. The van der Waals surface area contributed by atoms with Crippen LogP contribution in [0.2, 0.25) is 0 Å². The average molecular weight is 437 g/mol. The first-order chi connectivity index (χ1) is 15.0. The number of rotatable bonds is 6. The van der Waals surface area contributed by atoms with E-state index in [0.29, 0.717) is 17.9 Å². The number of ether oxygens (including phenoxy) is 2. The lowest BCUT2D eigenvalue weighted by Gasteiger charge is -2.37. The summed E-state index contributed by atoms with van der Waals surface area (Å²) in [5, 5.41) is 2.93. The van der Waals surface area contributed by atoms with Crippen molar-refractivity contribution >= 4 is 28.9 Å². The van der Waals surface area contributed by atoms with Crippen molar-refractivity contribution in [1.29, 1.82) is 0 Å². The number of fused-ring (bicyclic) bond motifs is 1. The second kappa shape index (κ2) is 8.89. The van der Waals surface area contributed by atoms with Gasteiger partial charge in [0.05, 0.1) is 16.4 Å². The number of anilines is 1. The molecule has 1 amide bonds. The minimum Gasteiger partial charge on any atom is -0.478 e. The molecule has 0 saturated carbocycles. The highest BCUT2D eigenvalue weighted by Gasteiger charge is 2.39. The van der Waals surface area contributed by atoms with Crippen LogP contribution in [0.5, 0.6) is 5.75 Å². The van der Waals surface area contributed by atoms with Crippen molar-refractivity contribution in [2.45, 2.75) is 45.9 Å². The topological polar surface area (TPSA) is 68.7 Å². The fourth-order valence-electron chi connectivity index (χ4n) is 3.55. The molecule has 160 valence electrons. The third kappa shape index (κ3) is 4.32. The molecule has 7 heteroatoms. The number of esters is 1. The maximum Gasteiger partial charge on any atom is 0.329 e. The largest absolute Gasteiger partial charge is 0.478 e. The molecular formula is C24H24N2O4S. The number of aryl methyl sites for hydroxylation is 1. The van der Waals surface area contributed by atoms with Gasteiger partial charge in [0.25, 0.3) is 5.91 Å². The van der Waals surface area contributed by atoms with Crippen LogP contribution in [0.4, 0.5) is 5.69 Å². The molecule has 0 radical (unpaired) electrons. The summed E-state index contributed by atoms with van der Waals surface area (Å²) in [6.45, 7) is 5.68. The number of thiazole rings is 1. The monoisotopic (exact) mass is 436 g/mol. The van der Waals surface area contributed by atoms with Crippen molar-refractivity contribution in [1.82, 2.24) is 4.98 Å². The third-order valence-corrected chi connectivity index (χ3v) is 6.01. The van der Waals surface area contributed by atoms with Gasteiger partial charge in [0.15, 0.2) is 6.10 Å². The van der Waals surface area contributed by atoms with Crippen LogP contribution in [0.1, 0.15) is 30.8 Å². The van der Waals surface area contributed by atoms with E-state index in [2.05, 4.69) is 4.98 Å². The van der Waals surface area contributed by atoms with Crippen LogP contribution >= 0.6 is 11.3 Å². The van der Waals surface area contributed by atoms with Crippen LogP contribution in [0, 0.1) is 6.92 Å². The lowest BCUT2D eigenvalue weighted by Crippen LogP contribution is -2.52. The summed E-state index contributed by atoms with van der Waals surface area (Å²) in [4.78, 5) is 32.1. The Balaban J connectivity index is 1.63. The molecule has 2 atom stereocenters. The van der Waals surface area contributed by atoms with Gasteiger partial charge >= 0.3 is 5.97 Å². The molecule has 31 heavy (non-hydrogen) atoms. The Labute approximate surface area is 185 Å². The lowest BCUT2D eigenvalue weighted by molar-refractivity contribution is -0.148. The van der Waals surface area contributed by atoms with Crippen molar-refractivity contribution in [3.63, 3.8) is 0 Å². The van der Waals surface area contributed by atoms with Crippen molar-refractivity contribution in [2.24, 2.45) is 0 Å². The first-order valence-electron chi connectivity index (χ1n) is 10.2. The van der Waals surface area contributed by atoms with Crippen LogP contribution in [0.3, 0.4) is 0 Å². The fraction of sp³-hybridized carbons (Fsp3) is 0.292. The number of hydrogen-bond acceptors (Lipinski definition) is 6. The molecule has 0 N–H and O–H groups in total. The standard InChI is InChI=1S/C24H24N2O4S/c1-4-21-23(27)26(15(2)24(28)29-13-17-8-6-5-7-9-17)20-12-18(10-11-22(20)30-21)19-14-31-16(3)25-19/h5-12,14-15,21H,4,13H2,1-3H3. The molecule has 1 aliphatic heterocycles. The number of benzene rings is 2. The molecule has 4 rings (SSSR count). The molecule has 2 aromatic carbocycles. The van der Waals surface area contributed by atoms with Gasteiger partial charge in [-0.15, -0.1) is 11.3 Å². The number of amides is 1. The number of hydrogen-bond donors (Lipinski definition) is 0. The van der Waals surface area contributed by atoms with E-state index in [4.69, 9.17) is 9.47 Å². The Kier molecular flexibility index (Phi) is 6.04. The average Bonchev–Trinajstić information content (AvgIpc) is 3.23. The highest BCUT2D eigenvalue weighted by atomic mass is 32.1. The highest BCUT2D eigenvalue weighted by molar-refractivity contribution is 7.09. The fourth-order valence-corrected chi connectivity index (χ4v) is 4.17. The maximum absolute atomic E-state index is 13.2. The lowest BCUT2D eigenvalue weighted by atomic mass is 10.1. The Bertz CT molecular complexity index is 1100. The van der Waals surface area contributed by atoms with Crippen molar-refractivity contribution in [2.75, 3.05) is 4.90 Å². The predicted molar refractivity (Wildman–Crippen MR) is 120 cm³/mol. The molecule has 2 heterocycles. The molecule has 3 aromatic rings. The molecule has 6 nitrogen and oxygen atoms in total. The van der Waals surface area contributed by atoms with Crippen molar-refractivity contribution < 1.29 is 19.1 Å². The summed E-state index contributed by atoms with van der Waals surface area (Å²) in [5.41, 5.74) is 3.14. The zero-order chi connectivity index (χ0) is 22.0. The number of aromatic nitrogens is 1. The van der Waals surface area contributed by atoms with Crippen LogP contribution in [-0.2, 0) is 20.9 Å². The van der Waals surface area contributed by atoms with Gasteiger partial charge in [0.2, 0.25) is 0 Å². The van der Waals surface area contributed by atoms with Crippen LogP contribution < -0.4 is 9.64 Å². The highest BCUT2D eigenvalue weighted by Crippen LogP contribution is 2.39.